The van der Waals surface area contributed by atoms with Crippen LogP contribution in [0.2, 0.25) is 0 Å². The van der Waals surface area contributed by atoms with Gasteiger partial charge in [0.15, 0.2) is 11.5 Å². The van der Waals surface area contributed by atoms with Crippen LogP contribution in [0.5, 0.6) is 11.5 Å². The number of hydrogen-bond acceptors (Lipinski definition) is 6. The number of rotatable bonds is 2. The van der Waals surface area contributed by atoms with Crippen molar-refractivity contribution in [1.29, 1.82) is 0 Å². The van der Waals surface area contributed by atoms with E-state index in [0.717, 1.165) is 0 Å². The third-order valence-electron chi connectivity index (χ3n) is 4.96. The van der Waals surface area contributed by atoms with Crippen molar-refractivity contribution in [2.24, 2.45) is 5.92 Å². The second-order valence-electron chi connectivity index (χ2n) is 6.60. The molecule has 3 N–H and O–H groups in total. The van der Waals surface area contributed by atoms with Crippen molar-refractivity contribution in [2.75, 3.05) is 13.9 Å². The monoisotopic (exact) mass is 346 g/mol. The Balaban J connectivity index is 1.93. The lowest BCUT2D eigenvalue weighted by Gasteiger charge is -2.40. The van der Waals surface area contributed by atoms with Crippen LogP contribution in [0.15, 0.2) is 23.0 Å². The minimum Gasteiger partial charge on any atom is -0.469 e. The zero-order chi connectivity index (χ0) is 17.8. The molecule has 0 saturated carbocycles. The van der Waals surface area contributed by atoms with Crippen molar-refractivity contribution in [3.05, 3.63) is 45.4 Å². The molecule has 132 valence electrons. The average Bonchev–Trinajstić information content (AvgIpc) is 3.18. The first-order chi connectivity index (χ1) is 11.9. The zero-order valence-corrected chi connectivity index (χ0v) is 13.8. The molecule has 3 atom stereocenters. The highest BCUT2D eigenvalue weighted by molar-refractivity contribution is 5.77. The van der Waals surface area contributed by atoms with Gasteiger partial charge in [0.2, 0.25) is 6.79 Å². The maximum absolute atomic E-state index is 12.5. The summed E-state index contributed by atoms with van der Waals surface area (Å²) in [7, 11) is 1.27. The van der Waals surface area contributed by atoms with Crippen LogP contribution in [0.25, 0.3) is 0 Å². The van der Waals surface area contributed by atoms with E-state index in [1.807, 2.05) is 0 Å². The molecule has 1 aliphatic carbocycles. The first-order valence-corrected chi connectivity index (χ1v) is 7.91. The fraction of sp³-hybridized carbons (Fsp3) is 0.412. The Bertz CT molecular complexity index is 897. The van der Waals surface area contributed by atoms with Crippen molar-refractivity contribution in [3.8, 4) is 11.5 Å². The number of aliphatic hydroxyl groups is 1. The lowest BCUT2D eigenvalue weighted by Crippen LogP contribution is -2.49. The SMILES string of the molecule is COC(=O)[C@H]1[C@@H](c2ccc3c(c2)OCO3)c2c([nH][nH]c2=O)C[C@@]1(C)O. The number of ether oxygens (including phenoxy) is 3. The van der Waals surface area contributed by atoms with E-state index in [-0.39, 0.29) is 18.8 Å². The Labute approximate surface area is 142 Å². The maximum atomic E-state index is 12.5. The van der Waals surface area contributed by atoms with Crippen molar-refractivity contribution in [2.45, 2.75) is 24.9 Å². The van der Waals surface area contributed by atoms with Gasteiger partial charge in [-0.2, -0.15) is 0 Å². The molecule has 1 aromatic carbocycles. The van der Waals surface area contributed by atoms with E-state index in [0.29, 0.717) is 28.3 Å². The molecule has 0 saturated heterocycles. The van der Waals surface area contributed by atoms with Gasteiger partial charge in [0.1, 0.15) is 0 Å². The molecule has 8 heteroatoms. The second kappa shape index (κ2) is 5.38. The Hall–Kier alpha value is -2.74. The smallest absolute Gasteiger partial charge is 0.312 e. The van der Waals surface area contributed by atoms with Gasteiger partial charge in [0, 0.05) is 23.6 Å². The molecule has 2 aliphatic rings. The number of nitrogens with one attached hydrogen (secondary N) is 2. The molecular weight excluding hydrogens is 328 g/mol. The van der Waals surface area contributed by atoms with Crippen molar-refractivity contribution < 1.29 is 24.1 Å². The number of aromatic amines is 2. The van der Waals surface area contributed by atoms with Gasteiger partial charge in [0.25, 0.3) is 5.56 Å². The number of hydrogen-bond donors (Lipinski definition) is 3. The summed E-state index contributed by atoms with van der Waals surface area (Å²) in [6, 6.07) is 5.24. The highest BCUT2D eigenvalue weighted by Gasteiger charge is 2.51. The summed E-state index contributed by atoms with van der Waals surface area (Å²) >= 11 is 0. The Morgan fingerprint density at radius 1 is 1.32 bits per heavy atom. The quantitative estimate of drug-likeness (QED) is 0.689. The normalized spacial score (nSPS) is 27.0. The molecule has 0 radical (unpaired) electrons. The van der Waals surface area contributed by atoms with Crippen molar-refractivity contribution in [1.82, 2.24) is 10.2 Å². The molecule has 0 unspecified atom stereocenters. The van der Waals surface area contributed by atoms with Crippen LogP contribution >= 0.6 is 0 Å². The molecule has 1 aliphatic heterocycles. The summed E-state index contributed by atoms with van der Waals surface area (Å²) in [6.45, 7) is 1.69. The minimum atomic E-state index is -1.38. The lowest BCUT2D eigenvalue weighted by atomic mass is 9.66. The number of methoxy groups -OCH3 is 1. The lowest BCUT2D eigenvalue weighted by molar-refractivity contribution is -0.156. The van der Waals surface area contributed by atoms with E-state index >= 15 is 0 Å². The van der Waals surface area contributed by atoms with Gasteiger partial charge in [-0.25, -0.2) is 0 Å². The molecule has 0 bridgehead atoms. The van der Waals surface area contributed by atoms with E-state index in [1.165, 1.54) is 7.11 Å². The standard InChI is InChI=1S/C17H18N2O6/c1-17(22)6-9-13(15(20)19-18-9)12(14(17)16(21)23-2)8-3-4-10-11(5-8)25-7-24-10/h3-5,12,14,22H,6-7H2,1-2H3,(H2,18,19,20)/t12-,14+,17+/m0/s1. The number of fused-ring (bicyclic) bond motifs is 2. The number of benzene rings is 1. The van der Waals surface area contributed by atoms with Crippen LogP contribution < -0.4 is 15.0 Å². The van der Waals surface area contributed by atoms with E-state index in [9.17, 15) is 14.7 Å². The van der Waals surface area contributed by atoms with E-state index < -0.39 is 23.4 Å². The summed E-state index contributed by atoms with van der Waals surface area (Å²) in [5.74, 6) is -1.03. The van der Waals surface area contributed by atoms with Gasteiger partial charge in [-0.15, -0.1) is 0 Å². The predicted molar refractivity (Wildman–Crippen MR) is 85.7 cm³/mol. The van der Waals surface area contributed by atoms with Crippen molar-refractivity contribution in [3.63, 3.8) is 0 Å². The molecule has 0 fully saturated rings. The highest BCUT2D eigenvalue weighted by atomic mass is 16.7. The molecule has 0 spiro atoms. The summed E-state index contributed by atoms with van der Waals surface area (Å²) < 4.78 is 15.7. The van der Waals surface area contributed by atoms with Gasteiger partial charge < -0.3 is 24.4 Å². The summed E-state index contributed by atoms with van der Waals surface area (Å²) in [4.78, 5) is 24.9. The maximum Gasteiger partial charge on any atom is 0.312 e. The largest absolute Gasteiger partial charge is 0.469 e. The second-order valence-corrected chi connectivity index (χ2v) is 6.60. The first-order valence-electron chi connectivity index (χ1n) is 7.91. The van der Waals surface area contributed by atoms with Crippen LogP contribution in [0.3, 0.4) is 0 Å². The third-order valence-corrected chi connectivity index (χ3v) is 4.96. The Morgan fingerprint density at radius 3 is 2.84 bits per heavy atom. The zero-order valence-electron chi connectivity index (χ0n) is 13.8. The van der Waals surface area contributed by atoms with E-state index in [2.05, 4.69) is 10.2 Å². The predicted octanol–water partition coefficient (Wildman–Crippen LogP) is 0.660. The molecule has 0 amide bonds. The van der Waals surface area contributed by atoms with Crippen LogP contribution in [0, 0.1) is 5.92 Å². The van der Waals surface area contributed by atoms with Gasteiger partial charge in [0.05, 0.1) is 18.6 Å². The number of carbonyl (C=O) groups excluding carboxylic acids is 1. The van der Waals surface area contributed by atoms with Crippen LogP contribution in [0.1, 0.15) is 29.7 Å². The number of carbonyl (C=O) groups is 1. The molecule has 25 heavy (non-hydrogen) atoms. The summed E-state index contributed by atoms with van der Waals surface area (Å²) in [5.41, 5.74) is -0.0154. The van der Waals surface area contributed by atoms with Gasteiger partial charge in [-0.3, -0.25) is 14.7 Å². The number of esters is 1. The van der Waals surface area contributed by atoms with Crippen LogP contribution in [-0.4, -0.2) is 40.8 Å². The minimum absolute atomic E-state index is 0.123. The molecule has 4 rings (SSSR count). The van der Waals surface area contributed by atoms with Gasteiger partial charge >= 0.3 is 5.97 Å². The molecule has 1 aromatic heterocycles. The first kappa shape index (κ1) is 15.8. The summed E-state index contributed by atoms with van der Waals surface area (Å²) in [5, 5.41) is 16.3. The summed E-state index contributed by atoms with van der Waals surface area (Å²) in [6.07, 6.45) is 0.141. The number of aromatic nitrogens is 2. The highest BCUT2D eigenvalue weighted by Crippen LogP contribution is 2.46. The fourth-order valence-corrected chi connectivity index (χ4v) is 3.85. The molecule has 2 heterocycles. The fourth-order valence-electron chi connectivity index (χ4n) is 3.85. The van der Waals surface area contributed by atoms with Crippen molar-refractivity contribution >= 4 is 5.97 Å². The topological polar surface area (TPSA) is 114 Å². The van der Waals surface area contributed by atoms with E-state index in [4.69, 9.17) is 14.2 Å². The van der Waals surface area contributed by atoms with E-state index in [1.54, 1.807) is 25.1 Å². The third kappa shape index (κ3) is 2.32. The van der Waals surface area contributed by atoms with Gasteiger partial charge in [-0.05, 0) is 24.6 Å². The van der Waals surface area contributed by atoms with Gasteiger partial charge in [-0.1, -0.05) is 6.07 Å². The molecular formula is C17H18N2O6. The Morgan fingerprint density at radius 2 is 2.08 bits per heavy atom. The molecule has 2 aromatic rings. The van der Waals surface area contributed by atoms with Crippen LogP contribution in [0.4, 0.5) is 0 Å². The Kier molecular flexibility index (Phi) is 3.40. The average molecular weight is 346 g/mol. The molecule has 8 nitrogen and oxygen atoms in total. The van der Waals surface area contributed by atoms with Crippen LogP contribution in [-0.2, 0) is 16.0 Å². The number of H-pyrrole nitrogens is 2.